The van der Waals surface area contributed by atoms with Crippen molar-refractivity contribution in [3.63, 3.8) is 0 Å². The van der Waals surface area contributed by atoms with Crippen LogP contribution >= 0.6 is 0 Å². The number of aromatic nitrogens is 2. The van der Waals surface area contributed by atoms with Gasteiger partial charge in [0, 0.05) is 36.3 Å². The average Bonchev–Trinajstić information content (AvgIpc) is 3.54. The standard InChI is InChI=1S/C23H27N7O5S/c31-21(27-14-20(22(32)33)30-36(34,35)16-5-2-1-3-6-16)15-8-9-17-18(28-29-19(17)13-15)7-4-10-24-23-25-11-12-26-23/h1-3,5-6,8-9,13,20,30H,4,7,10-12,14H2,(H,27,31)(H,28,29)(H,32,33)(H2,24,25,26). The van der Waals surface area contributed by atoms with Crippen molar-refractivity contribution in [1.82, 2.24) is 30.9 Å². The molecule has 0 bridgehead atoms. The van der Waals surface area contributed by atoms with E-state index in [4.69, 9.17) is 0 Å². The highest BCUT2D eigenvalue weighted by molar-refractivity contribution is 7.89. The summed E-state index contributed by atoms with van der Waals surface area (Å²) in [5.41, 5.74) is 1.83. The van der Waals surface area contributed by atoms with E-state index < -0.39 is 34.5 Å². The van der Waals surface area contributed by atoms with Crippen molar-refractivity contribution in [3.05, 3.63) is 59.8 Å². The smallest absolute Gasteiger partial charge is 0.323 e. The van der Waals surface area contributed by atoms with Crippen molar-refractivity contribution in [3.8, 4) is 0 Å². The summed E-state index contributed by atoms with van der Waals surface area (Å²) in [6, 6.07) is 10.9. The molecule has 13 heteroatoms. The highest BCUT2D eigenvalue weighted by Gasteiger charge is 2.26. The summed E-state index contributed by atoms with van der Waals surface area (Å²) in [5.74, 6) is -1.13. The van der Waals surface area contributed by atoms with Gasteiger partial charge in [-0.15, -0.1) is 0 Å². The molecule has 6 N–H and O–H groups in total. The fraction of sp³-hybridized carbons (Fsp3) is 0.304. The van der Waals surface area contributed by atoms with Crippen LogP contribution in [0.25, 0.3) is 10.9 Å². The summed E-state index contributed by atoms with van der Waals surface area (Å²) in [6.07, 6.45) is 1.61. The van der Waals surface area contributed by atoms with Gasteiger partial charge in [0.1, 0.15) is 6.04 Å². The lowest BCUT2D eigenvalue weighted by Gasteiger charge is -2.15. The lowest BCUT2D eigenvalue weighted by atomic mass is 10.1. The third kappa shape index (κ3) is 6.17. The maximum Gasteiger partial charge on any atom is 0.323 e. The van der Waals surface area contributed by atoms with Gasteiger partial charge in [0.15, 0.2) is 5.96 Å². The second-order valence-corrected chi connectivity index (χ2v) is 9.87. The van der Waals surface area contributed by atoms with Gasteiger partial charge in [-0.05, 0) is 37.1 Å². The van der Waals surface area contributed by atoms with Crippen LogP contribution in [0.5, 0.6) is 0 Å². The second-order valence-electron chi connectivity index (χ2n) is 8.16. The number of H-pyrrole nitrogens is 1. The number of carboxylic acids is 1. The Labute approximate surface area is 207 Å². The summed E-state index contributed by atoms with van der Waals surface area (Å²) in [5, 5.41) is 26.5. The normalized spacial score (nSPS) is 14.2. The summed E-state index contributed by atoms with van der Waals surface area (Å²) in [6.45, 7) is 1.95. The maximum absolute atomic E-state index is 12.6. The van der Waals surface area contributed by atoms with Gasteiger partial charge in [-0.25, -0.2) is 8.42 Å². The third-order valence-corrected chi connectivity index (χ3v) is 7.07. The number of guanidine groups is 1. The Morgan fingerprint density at radius 2 is 1.94 bits per heavy atom. The van der Waals surface area contributed by atoms with E-state index in [2.05, 4.69) is 35.9 Å². The number of carbonyl (C=O) groups is 2. The first-order valence-electron chi connectivity index (χ1n) is 11.4. The molecule has 36 heavy (non-hydrogen) atoms. The minimum atomic E-state index is -4.07. The van der Waals surface area contributed by atoms with Crippen LogP contribution in [0, 0.1) is 0 Å². The largest absolute Gasteiger partial charge is 0.480 e. The van der Waals surface area contributed by atoms with Crippen molar-refractivity contribution < 1.29 is 23.1 Å². The minimum Gasteiger partial charge on any atom is -0.480 e. The monoisotopic (exact) mass is 513 g/mol. The van der Waals surface area contributed by atoms with Gasteiger partial charge >= 0.3 is 5.97 Å². The molecular formula is C23H27N7O5S. The summed E-state index contributed by atoms with van der Waals surface area (Å²) in [4.78, 5) is 28.5. The predicted molar refractivity (Wildman–Crippen MR) is 133 cm³/mol. The number of hydrogen-bond acceptors (Lipinski definition) is 8. The Bertz CT molecular complexity index is 1370. The predicted octanol–water partition coefficient (Wildman–Crippen LogP) is 0.206. The Morgan fingerprint density at radius 3 is 2.67 bits per heavy atom. The van der Waals surface area contributed by atoms with Gasteiger partial charge in [-0.1, -0.05) is 24.3 Å². The highest BCUT2D eigenvalue weighted by Crippen LogP contribution is 2.19. The van der Waals surface area contributed by atoms with Gasteiger partial charge in [0.2, 0.25) is 10.0 Å². The van der Waals surface area contributed by atoms with E-state index in [0.717, 1.165) is 49.5 Å². The molecule has 0 aliphatic carbocycles. The highest BCUT2D eigenvalue weighted by atomic mass is 32.2. The summed E-state index contributed by atoms with van der Waals surface area (Å²) >= 11 is 0. The number of aliphatic imine (C=N–C) groups is 1. The van der Waals surface area contributed by atoms with Gasteiger partial charge in [0.05, 0.1) is 17.0 Å². The molecule has 1 amide bonds. The van der Waals surface area contributed by atoms with E-state index in [0.29, 0.717) is 5.52 Å². The fourth-order valence-corrected chi connectivity index (χ4v) is 4.93. The van der Waals surface area contributed by atoms with E-state index in [1.807, 2.05) is 0 Å². The quantitative estimate of drug-likeness (QED) is 0.197. The molecular weight excluding hydrogens is 486 g/mol. The molecule has 0 saturated carbocycles. The van der Waals surface area contributed by atoms with Crippen molar-refractivity contribution in [2.45, 2.75) is 23.8 Å². The van der Waals surface area contributed by atoms with E-state index in [-0.39, 0.29) is 10.5 Å². The molecule has 0 fully saturated rings. The molecule has 1 aliphatic heterocycles. The van der Waals surface area contributed by atoms with E-state index >= 15 is 0 Å². The van der Waals surface area contributed by atoms with Crippen LogP contribution in [0.15, 0.2) is 58.4 Å². The third-order valence-electron chi connectivity index (χ3n) is 5.58. The molecule has 1 aromatic heterocycles. The zero-order chi connectivity index (χ0) is 25.5. The summed E-state index contributed by atoms with van der Waals surface area (Å²) in [7, 11) is -4.07. The fourth-order valence-electron chi connectivity index (χ4n) is 3.72. The second kappa shape index (κ2) is 11.2. The van der Waals surface area contributed by atoms with E-state index in [9.17, 15) is 23.1 Å². The Hall–Kier alpha value is -3.97. The van der Waals surface area contributed by atoms with Gasteiger partial charge in [0.25, 0.3) is 5.91 Å². The zero-order valence-electron chi connectivity index (χ0n) is 19.3. The van der Waals surface area contributed by atoms with Crippen LogP contribution in [-0.2, 0) is 21.2 Å². The van der Waals surface area contributed by atoms with Crippen molar-refractivity contribution in [1.29, 1.82) is 0 Å². The number of benzene rings is 2. The number of aryl methyl sites for hydroxylation is 1. The van der Waals surface area contributed by atoms with Crippen LogP contribution in [-0.4, -0.2) is 73.8 Å². The molecule has 4 rings (SSSR count). The van der Waals surface area contributed by atoms with Gasteiger partial charge < -0.3 is 21.1 Å². The number of sulfonamides is 1. The Balaban J connectivity index is 1.34. The molecule has 0 saturated heterocycles. The number of nitrogens with one attached hydrogen (secondary N) is 5. The Morgan fingerprint density at radius 1 is 1.14 bits per heavy atom. The SMILES string of the molecule is O=C(NCC(NS(=O)(=O)c1ccccc1)C(=O)O)c1ccc2c(CCCNC3=NCCN3)[nH]nc2c1. The number of rotatable bonds is 11. The van der Waals surface area contributed by atoms with Crippen LogP contribution in [0.3, 0.4) is 0 Å². The van der Waals surface area contributed by atoms with Crippen LogP contribution in [0.4, 0.5) is 0 Å². The first kappa shape index (κ1) is 25.1. The number of aromatic amines is 1. The zero-order valence-corrected chi connectivity index (χ0v) is 20.1. The van der Waals surface area contributed by atoms with Gasteiger partial charge in [-0.2, -0.15) is 9.82 Å². The maximum atomic E-state index is 12.6. The molecule has 0 radical (unpaired) electrons. The number of hydrogen-bond donors (Lipinski definition) is 6. The lowest BCUT2D eigenvalue weighted by molar-refractivity contribution is -0.138. The average molecular weight is 514 g/mol. The van der Waals surface area contributed by atoms with Crippen LogP contribution < -0.4 is 20.7 Å². The molecule has 2 heterocycles. The van der Waals surface area contributed by atoms with Crippen molar-refractivity contribution >= 4 is 38.8 Å². The molecule has 2 aromatic carbocycles. The molecule has 190 valence electrons. The van der Waals surface area contributed by atoms with E-state index in [1.165, 1.54) is 24.3 Å². The van der Waals surface area contributed by atoms with Gasteiger partial charge in [-0.3, -0.25) is 19.7 Å². The van der Waals surface area contributed by atoms with E-state index in [1.54, 1.807) is 24.3 Å². The molecule has 1 aliphatic rings. The number of carbonyl (C=O) groups excluding carboxylic acids is 1. The number of nitrogens with zero attached hydrogens (tertiary/aromatic N) is 2. The number of aliphatic carboxylic acids is 1. The van der Waals surface area contributed by atoms with Crippen molar-refractivity contribution in [2.75, 3.05) is 26.2 Å². The lowest BCUT2D eigenvalue weighted by Crippen LogP contribution is -2.48. The molecule has 1 unspecified atom stereocenters. The number of fused-ring (bicyclic) bond motifs is 1. The molecule has 3 aromatic rings. The Kier molecular flexibility index (Phi) is 7.80. The topological polar surface area (TPSA) is 178 Å². The number of amides is 1. The minimum absolute atomic E-state index is 0.0675. The van der Waals surface area contributed by atoms with Crippen LogP contribution in [0.2, 0.25) is 0 Å². The molecule has 1 atom stereocenters. The molecule has 12 nitrogen and oxygen atoms in total. The first-order valence-corrected chi connectivity index (χ1v) is 12.9. The van der Waals surface area contributed by atoms with Crippen LogP contribution in [0.1, 0.15) is 22.5 Å². The first-order chi connectivity index (χ1) is 17.3. The molecule has 0 spiro atoms. The number of carboxylic acid groups (broad SMARTS) is 1. The summed E-state index contributed by atoms with van der Waals surface area (Å²) < 4.78 is 27.0. The van der Waals surface area contributed by atoms with Crippen molar-refractivity contribution in [2.24, 2.45) is 4.99 Å².